The molecule has 0 radical (unpaired) electrons. The van der Waals surface area contributed by atoms with Crippen molar-refractivity contribution in [2.75, 3.05) is 51.2 Å². The van der Waals surface area contributed by atoms with Crippen molar-refractivity contribution in [2.45, 2.75) is 18.4 Å². The van der Waals surface area contributed by atoms with Gasteiger partial charge < -0.3 is 19.8 Å². The molecule has 1 amide bonds. The smallest absolute Gasteiger partial charge is 0.242 e. The zero-order chi connectivity index (χ0) is 16.4. The molecule has 2 aliphatic rings. The maximum atomic E-state index is 13.9. The van der Waals surface area contributed by atoms with Crippen LogP contribution in [0.3, 0.4) is 0 Å². The normalized spacial score (nSPS) is 22.5. The van der Waals surface area contributed by atoms with E-state index in [4.69, 9.17) is 0 Å². The molecule has 23 heavy (non-hydrogen) atoms. The van der Waals surface area contributed by atoms with E-state index in [0.717, 1.165) is 13.1 Å². The molecule has 2 heterocycles. The number of carbonyl (C=O) groups excluding carboxylic acids is 1. The first-order chi connectivity index (χ1) is 11.0. The Morgan fingerprint density at radius 1 is 1.17 bits per heavy atom. The fraction of sp³-hybridized carbons (Fsp3) is 0.588. The number of anilines is 1. The fourth-order valence-electron chi connectivity index (χ4n) is 3.34. The molecule has 0 unspecified atom stereocenters. The number of hydrogen-bond donors (Lipinski definition) is 1. The van der Waals surface area contributed by atoms with E-state index in [2.05, 4.69) is 4.90 Å². The first-order valence-electron chi connectivity index (χ1n) is 8.15. The summed E-state index contributed by atoms with van der Waals surface area (Å²) in [5.74, 6) is -0.352. The molecule has 0 aliphatic carbocycles. The number of halogens is 1. The van der Waals surface area contributed by atoms with Crippen LogP contribution in [0.5, 0.6) is 0 Å². The van der Waals surface area contributed by atoms with Crippen LogP contribution in [-0.2, 0) is 4.79 Å². The predicted octanol–water partition coefficient (Wildman–Crippen LogP) is 0.931. The average molecular weight is 321 g/mol. The van der Waals surface area contributed by atoms with Crippen LogP contribution in [0.15, 0.2) is 24.3 Å². The third-order valence-corrected chi connectivity index (χ3v) is 4.91. The molecule has 2 fully saturated rings. The number of nitrogens with zero attached hydrogens (tertiary/aromatic N) is 3. The lowest BCUT2D eigenvalue weighted by Crippen LogP contribution is -2.57. The summed E-state index contributed by atoms with van der Waals surface area (Å²) >= 11 is 0. The second-order valence-corrected chi connectivity index (χ2v) is 6.72. The van der Waals surface area contributed by atoms with Gasteiger partial charge in [-0.25, -0.2) is 4.39 Å². The van der Waals surface area contributed by atoms with Crippen LogP contribution in [0.1, 0.15) is 12.8 Å². The third-order valence-electron chi connectivity index (χ3n) is 4.91. The summed E-state index contributed by atoms with van der Waals surface area (Å²) in [6, 6.07) is 6.53. The van der Waals surface area contributed by atoms with E-state index in [0.29, 0.717) is 38.2 Å². The summed E-state index contributed by atoms with van der Waals surface area (Å²) < 4.78 is 13.9. The van der Waals surface area contributed by atoms with Crippen molar-refractivity contribution >= 4 is 11.6 Å². The monoisotopic (exact) mass is 321 g/mol. The number of rotatable bonds is 3. The molecule has 0 atom stereocenters. The van der Waals surface area contributed by atoms with E-state index in [1.54, 1.807) is 28.0 Å². The van der Waals surface area contributed by atoms with Gasteiger partial charge in [0.25, 0.3) is 0 Å². The van der Waals surface area contributed by atoms with Crippen molar-refractivity contribution in [3.8, 4) is 0 Å². The van der Waals surface area contributed by atoms with Crippen molar-refractivity contribution in [1.82, 2.24) is 9.80 Å². The molecule has 0 saturated carbocycles. The van der Waals surface area contributed by atoms with Crippen molar-refractivity contribution in [3.05, 3.63) is 30.1 Å². The molecule has 3 rings (SSSR count). The highest BCUT2D eigenvalue weighted by Gasteiger charge is 2.36. The summed E-state index contributed by atoms with van der Waals surface area (Å²) in [5, 5.41) is 10.7. The van der Waals surface area contributed by atoms with Gasteiger partial charge in [-0.05, 0) is 32.0 Å². The minimum Gasteiger partial charge on any atom is -0.388 e. The van der Waals surface area contributed by atoms with E-state index in [-0.39, 0.29) is 18.3 Å². The number of piperazine rings is 1. The molecular formula is C17H24FN3O2. The SMILES string of the molecule is CN1CCC(O)(CN2CCN(c3ccccc3F)CC2=O)CC1. The van der Waals surface area contributed by atoms with E-state index in [1.807, 2.05) is 7.05 Å². The number of carbonyl (C=O) groups is 1. The molecule has 2 saturated heterocycles. The molecule has 5 nitrogen and oxygen atoms in total. The van der Waals surface area contributed by atoms with Gasteiger partial charge in [0, 0.05) is 32.7 Å². The number of piperidine rings is 1. The molecule has 2 aliphatic heterocycles. The van der Waals surface area contributed by atoms with Crippen molar-refractivity contribution in [2.24, 2.45) is 0 Å². The Morgan fingerprint density at radius 3 is 2.52 bits per heavy atom. The van der Waals surface area contributed by atoms with Gasteiger partial charge in [-0.1, -0.05) is 12.1 Å². The zero-order valence-corrected chi connectivity index (χ0v) is 13.5. The van der Waals surface area contributed by atoms with E-state index in [1.165, 1.54) is 6.07 Å². The Balaban J connectivity index is 1.61. The molecule has 1 aromatic carbocycles. The number of β-amino-alcohol motifs (C(OH)–C–C–N with tert-alkyl or cyclic N) is 1. The van der Waals surface area contributed by atoms with Crippen LogP contribution >= 0.6 is 0 Å². The fourth-order valence-corrected chi connectivity index (χ4v) is 3.34. The second-order valence-electron chi connectivity index (χ2n) is 6.72. The Morgan fingerprint density at radius 2 is 1.87 bits per heavy atom. The number of aliphatic hydroxyl groups is 1. The molecule has 126 valence electrons. The van der Waals surface area contributed by atoms with Gasteiger partial charge in [-0.2, -0.15) is 0 Å². The summed E-state index contributed by atoms with van der Waals surface area (Å²) in [6.07, 6.45) is 1.37. The molecule has 0 spiro atoms. The largest absolute Gasteiger partial charge is 0.388 e. The Labute approximate surface area is 136 Å². The molecular weight excluding hydrogens is 297 g/mol. The molecule has 0 bridgehead atoms. The molecule has 1 N–H and O–H groups in total. The first-order valence-corrected chi connectivity index (χ1v) is 8.15. The van der Waals surface area contributed by atoms with Crippen LogP contribution in [-0.4, -0.2) is 72.7 Å². The summed E-state index contributed by atoms with van der Waals surface area (Å²) in [5.41, 5.74) is -0.319. The van der Waals surface area contributed by atoms with E-state index < -0.39 is 5.60 Å². The Kier molecular flexibility index (Phi) is 4.55. The van der Waals surface area contributed by atoms with Crippen LogP contribution in [0.2, 0.25) is 0 Å². The Hall–Kier alpha value is -1.66. The molecule has 1 aromatic rings. The highest BCUT2D eigenvalue weighted by molar-refractivity contribution is 5.83. The minimum absolute atomic E-state index is 0.0492. The lowest BCUT2D eigenvalue weighted by molar-refractivity contribution is -0.136. The van der Waals surface area contributed by atoms with Crippen LogP contribution < -0.4 is 4.90 Å². The highest BCUT2D eigenvalue weighted by atomic mass is 19.1. The number of benzene rings is 1. The number of hydrogen-bond acceptors (Lipinski definition) is 4. The second kappa shape index (κ2) is 6.45. The predicted molar refractivity (Wildman–Crippen MR) is 86.9 cm³/mol. The standard InChI is InChI=1S/C17H24FN3O2/c1-19-8-6-17(23,7-9-19)13-21-11-10-20(12-16(21)22)15-5-3-2-4-14(15)18/h2-5,23H,6-13H2,1H3. The van der Waals surface area contributed by atoms with Gasteiger partial charge in [0.2, 0.25) is 5.91 Å². The van der Waals surface area contributed by atoms with Crippen molar-refractivity contribution < 1.29 is 14.3 Å². The zero-order valence-electron chi connectivity index (χ0n) is 13.5. The third kappa shape index (κ3) is 3.64. The van der Waals surface area contributed by atoms with Gasteiger partial charge in [0.1, 0.15) is 5.82 Å². The van der Waals surface area contributed by atoms with E-state index in [9.17, 15) is 14.3 Å². The summed E-state index contributed by atoms with van der Waals surface area (Å²) in [6.45, 7) is 3.34. The van der Waals surface area contributed by atoms with Crippen LogP contribution in [0, 0.1) is 5.82 Å². The minimum atomic E-state index is -0.789. The summed E-state index contributed by atoms with van der Waals surface area (Å²) in [7, 11) is 2.04. The molecule has 6 heteroatoms. The van der Waals surface area contributed by atoms with Gasteiger partial charge in [-0.3, -0.25) is 4.79 Å². The van der Waals surface area contributed by atoms with Crippen molar-refractivity contribution in [3.63, 3.8) is 0 Å². The summed E-state index contributed by atoms with van der Waals surface area (Å²) in [4.78, 5) is 18.1. The number of amides is 1. The number of para-hydroxylation sites is 1. The maximum Gasteiger partial charge on any atom is 0.242 e. The first kappa shape index (κ1) is 16.2. The average Bonchev–Trinajstić information content (AvgIpc) is 2.53. The van der Waals surface area contributed by atoms with Crippen LogP contribution in [0.25, 0.3) is 0 Å². The van der Waals surface area contributed by atoms with Gasteiger partial charge in [0.05, 0.1) is 17.8 Å². The van der Waals surface area contributed by atoms with E-state index >= 15 is 0 Å². The quantitative estimate of drug-likeness (QED) is 0.900. The highest BCUT2D eigenvalue weighted by Crippen LogP contribution is 2.25. The number of likely N-dealkylation sites (tertiary alicyclic amines) is 1. The lowest BCUT2D eigenvalue weighted by Gasteiger charge is -2.42. The lowest BCUT2D eigenvalue weighted by atomic mass is 9.91. The maximum absolute atomic E-state index is 13.9. The van der Waals surface area contributed by atoms with Gasteiger partial charge in [-0.15, -0.1) is 0 Å². The topological polar surface area (TPSA) is 47.0 Å². The molecule has 0 aromatic heterocycles. The Bertz CT molecular complexity index is 573. The van der Waals surface area contributed by atoms with Crippen molar-refractivity contribution in [1.29, 1.82) is 0 Å². The van der Waals surface area contributed by atoms with Crippen LogP contribution in [0.4, 0.5) is 10.1 Å². The van der Waals surface area contributed by atoms with Gasteiger partial charge >= 0.3 is 0 Å². The van der Waals surface area contributed by atoms with Gasteiger partial charge in [0.15, 0.2) is 0 Å².